The Labute approximate surface area is 116 Å². The number of nitrogens with one attached hydrogen (secondary N) is 1. The van der Waals surface area contributed by atoms with Gasteiger partial charge in [0.2, 0.25) is 0 Å². The summed E-state index contributed by atoms with van der Waals surface area (Å²) >= 11 is 6.21. The Hall–Kier alpha value is -1.46. The first-order valence-electron chi connectivity index (χ1n) is 5.93. The number of carboxylic acid groups (broad SMARTS) is 1. The van der Waals surface area contributed by atoms with Crippen molar-refractivity contribution in [1.29, 1.82) is 0 Å². The van der Waals surface area contributed by atoms with Crippen molar-refractivity contribution in [2.45, 2.75) is 26.0 Å². The summed E-state index contributed by atoms with van der Waals surface area (Å²) in [6.07, 6.45) is -1.10. The Morgan fingerprint density at radius 1 is 1.68 bits per heavy atom. The number of epoxide rings is 1. The molecular formula is C13H16ClNO4. The van der Waals surface area contributed by atoms with E-state index in [1.165, 1.54) is 0 Å². The summed E-state index contributed by atoms with van der Waals surface area (Å²) in [4.78, 5) is 10.8. The lowest BCUT2D eigenvalue weighted by Crippen LogP contribution is -2.25. The van der Waals surface area contributed by atoms with E-state index in [1.807, 2.05) is 6.92 Å². The van der Waals surface area contributed by atoms with Crippen LogP contribution < -0.4 is 10.1 Å². The Kier molecular flexibility index (Phi) is 3.87. The van der Waals surface area contributed by atoms with Crippen LogP contribution in [0.25, 0.3) is 0 Å². The van der Waals surface area contributed by atoms with Gasteiger partial charge in [0, 0.05) is 16.1 Å². The van der Waals surface area contributed by atoms with Gasteiger partial charge in [-0.2, -0.15) is 0 Å². The van der Waals surface area contributed by atoms with Crippen LogP contribution in [0.3, 0.4) is 0 Å². The van der Waals surface area contributed by atoms with E-state index in [4.69, 9.17) is 26.2 Å². The van der Waals surface area contributed by atoms with Gasteiger partial charge in [-0.25, -0.2) is 4.79 Å². The molecule has 6 heteroatoms. The van der Waals surface area contributed by atoms with E-state index in [2.05, 4.69) is 5.32 Å². The molecule has 104 valence electrons. The Morgan fingerprint density at radius 3 is 2.79 bits per heavy atom. The maximum absolute atomic E-state index is 10.8. The van der Waals surface area contributed by atoms with Crippen LogP contribution in [0.4, 0.5) is 4.79 Å². The van der Waals surface area contributed by atoms with Gasteiger partial charge in [-0.3, -0.25) is 0 Å². The maximum Gasteiger partial charge on any atom is 0.405 e. The van der Waals surface area contributed by atoms with Crippen molar-refractivity contribution in [3.8, 4) is 5.75 Å². The van der Waals surface area contributed by atoms with Crippen molar-refractivity contribution >= 4 is 17.7 Å². The third-order valence-corrected chi connectivity index (χ3v) is 3.61. The van der Waals surface area contributed by atoms with Gasteiger partial charge in [0.1, 0.15) is 11.9 Å². The minimum Gasteiger partial charge on any atom is -0.496 e. The van der Waals surface area contributed by atoms with E-state index in [0.717, 1.165) is 11.1 Å². The van der Waals surface area contributed by atoms with Crippen molar-refractivity contribution in [1.82, 2.24) is 5.32 Å². The van der Waals surface area contributed by atoms with Crippen LogP contribution in [0.2, 0.25) is 5.02 Å². The van der Waals surface area contributed by atoms with E-state index in [0.29, 0.717) is 22.9 Å². The third-order valence-electron chi connectivity index (χ3n) is 3.22. The standard InChI is InChI=1S/C13H16ClNO4/c1-6-9(14)4-8(7(2)15-13(16)17)12(18-3)11(6)10-5-19-10/h4,7,10,15H,5H2,1-3H3,(H,16,17). The molecule has 5 nitrogen and oxygen atoms in total. The molecule has 0 saturated carbocycles. The van der Waals surface area contributed by atoms with E-state index >= 15 is 0 Å². The van der Waals surface area contributed by atoms with Gasteiger partial charge in [0.25, 0.3) is 0 Å². The van der Waals surface area contributed by atoms with Gasteiger partial charge in [-0.05, 0) is 25.5 Å². The first-order valence-corrected chi connectivity index (χ1v) is 6.31. The fourth-order valence-corrected chi connectivity index (χ4v) is 2.40. The average molecular weight is 286 g/mol. The van der Waals surface area contributed by atoms with Crippen LogP contribution in [-0.2, 0) is 4.74 Å². The number of hydrogen-bond donors (Lipinski definition) is 2. The van der Waals surface area contributed by atoms with Gasteiger partial charge in [-0.1, -0.05) is 11.6 Å². The largest absolute Gasteiger partial charge is 0.496 e. The van der Waals surface area contributed by atoms with Gasteiger partial charge in [0.05, 0.1) is 19.8 Å². The zero-order chi connectivity index (χ0) is 14.2. The molecule has 1 heterocycles. The number of ether oxygens (including phenoxy) is 2. The molecule has 1 aromatic rings. The summed E-state index contributed by atoms with van der Waals surface area (Å²) in [5, 5.41) is 11.8. The van der Waals surface area contributed by atoms with Crippen molar-refractivity contribution in [2.24, 2.45) is 0 Å². The summed E-state index contributed by atoms with van der Waals surface area (Å²) in [6, 6.07) is 1.32. The maximum atomic E-state index is 10.8. The molecule has 2 rings (SSSR count). The van der Waals surface area contributed by atoms with Crippen LogP contribution in [-0.4, -0.2) is 24.9 Å². The predicted octanol–water partition coefficient (Wildman–Crippen LogP) is 3.06. The Bertz CT molecular complexity index is 514. The number of carbonyl (C=O) groups is 1. The first kappa shape index (κ1) is 14.0. The minimum atomic E-state index is -1.09. The number of benzene rings is 1. The number of hydrogen-bond acceptors (Lipinski definition) is 3. The highest BCUT2D eigenvalue weighted by molar-refractivity contribution is 6.31. The number of rotatable bonds is 4. The van der Waals surface area contributed by atoms with Crippen molar-refractivity contribution < 1.29 is 19.4 Å². The highest BCUT2D eigenvalue weighted by Gasteiger charge is 2.33. The molecule has 0 spiro atoms. The Balaban J connectivity index is 2.50. The molecule has 1 aliphatic rings. The fraction of sp³-hybridized carbons (Fsp3) is 0.462. The third kappa shape index (κ3) is 2.77. The van der Waals surface area contributed by atoms with Gasteiger partial charge in [0.15, 0.2) is 0 Å². The number of halogens is 1. The van der Waals surface area contributed by atoms with Crippen LogP contribution in [0.15, 0.2) is 6.07 Å². The Morgan fingerprint density at radius 2 is 2.32 bits per heavy atom. The second kappa shape index (κ2) is 5.27. The van der Waals surface area contributed by atoms with Crippen molar-refractivity contribution in [3.05, 3.63) is 27.8 Å². The zero-order valence-electron chi connectivity index (χ0n) is 11.0. The molecule has 0 aromatic heterocycles. The summed E-state index contributed by atoms with van der Waals surface area (Å²) in [6.45, 7) is 4.29. The predicted molar refractivity (Wildman–Crippen MR) is 71.0 cm³/mol. The average Bonchev–Trinajstić information content (AvgIpc) is 3.14. The summed E-state index contributed by atoms with van der Waals surface area (Å²) < 4.78 is 10.8. The molecule has 2 atom stereocenters. The van der Waals surface area contributed by atoms with Crippen molar-refractivity contribution in [3.63, 3.8) is 0 Å². The lowest BCUT2D eigenvalue weighted by atomic mass is 9.97. The van der Waals surface area contributed by atoms with Crippen LogP contribution in [0, 0.1) is 6.92 Å². The lowest BCUT2D eigenvalue weighted by Gasteiger charge is -2.20. The summed E-state index contributed by atoms with van der Waals surface area (Å²) in [5.41, 5.74) is 2.53. The first-order chi connectivity index (χ1) is 8.95. The van der Waals surface area contributed by atoms with E-state index in [9.17, 15) is 4.79 Å². The molecular weight excluding hydrogens is 270 g/mol. The normalized spacial score (nSPS) is 18.8. The molecule has 2 unspecified atom stereocenters. The van der Waals surface area contributed by atoms with Gasteiger partial charge < -0.3 is 19.9 Å². The zero-order valence-corrected chi connectivity index (χ0v) is 11.7. The summed E-state index contributed by atoms with van der Waals surface area (Å²) in [5.74, 6) is 0.644. The molecule has 19 heavy (non-hydrogen) atoms. The molecule has 0 radical (unpaired) electrons. The molecule has 1 saturated heterocycles. The molecule has 0 aliphatic carbocycles. The molecule has 2 N–H and O–H groups in total. The topological polar surface area (TPSA) is 71.1 Å². The fourth-order valence-electron chi connectivity index (χ4n) is 2.18. The highest BCUT2D eigenvalue weighted by atomic mass is 35.5. The second-order valence-electron chi connectivity index (χ2n) is 4.51. The SMILES string of the molecule is COc1c(C(C)NC(=O)O)cc(Cl)c(C)c1C1CO1. The van der Waals surface area contributed by atoms with Gasteiger partial charge in [-0.15, -0.1) is 0 Å². The van der Waals surface area contributed by atoms with E-state index in [-0.39, 0.29) is 6.10 Å². The van der Waals surface area contributed by atoms with Gasteiger partial charge >= 0.3 is 6.09 Å². The quantitative estimate of drug-likeness (QED) is 0.834. The smallest absolute Gasteiger partial charge is 0.405 e. The van der Waals surface area contributed by atoms with Crippen LogP contribution >= 0.6 is 11.6 Å². The molecule has 1 aliphatic heterocycles. The van der Waals surface area contributed by atoms with Crippen molar-refractivity contribution in [2.75, 3.05) is 13.7 Å². The minimum absolute atomic E-state index is 0.00979. The summed E-state index contributed by atoms with van der Waals surface area (Å²) in [7, 11) is 1.56. The van der Waals surface area contributed by atoms with E-state index in [1.54, 1.807) is 20.1 Å². The lowest BCUT2D eigenvalue weighted by molar-refractivity contribution is 0.190. The van der Waals surface area contributed by atoms with E-state index < -0.39 is 12.1 Å². The van der Waals surface area contributed by atoms with Crippen LogP contribution in [0.5, 0.6) is 5.75 Å². The number of amides is 1. The highest BCUT2D eigenvalue weighted by Crippen LogP contribution is 2.44. The monoisotopic (exact) mass is 285 g/mol. The second-order valence-corrected chi connectivity index (χ2v) is 4.92. The molecule has 1 fully saturated rings. The van der Waals surface area contributed by atoms with Crippen LogP contribution in [0.1, 0.15) is 35.8 Å². The molecule has 1 aromatic carbocycles. The number of methoxy groups -OCH3 is 1. The molecule has 1 amide bonds. The molecule has 0 bridgehead atoms.